The number of nitrogens with one attached hydrogen (secondary N) is 1. The molecule has 1 amide bonds. The fourth-order valence-electron chi connectivity index (χ4n) is 8.03. The molecular formula is C55H103INO9P. The fourth-order valence-corrected chi connectivity index (χ4v) is 9.05. The van der Waals surface area contributed by atoms with Crippen molar-refractivity contribution in [2.24, 2.45) is 0 Å². The van der Waals surface area contributed by atoms with Gasteiger partial charge in [0, 0.05) is 19.4 Å². The molecule has 67 heavy (non-hydrogen) atoms. The van der Waals surface area contributed by atoms with Crippen molar-refractivity contribution in [1.29, 1.82) is 0 Å². The molecule has 0 aliphatic heterocycles. The van der Waals surface area contributed by atoms with Gasteiger partial charge in [-0.2, -0.15) is 0 Å². The van der Waals surface area contributed by atoms with Crippen LogP contribution < -0.4 is 5.32 Å². The van der Waals surface area contributed by atoms with E-state index in [1.807, 2.05) is 22.6 Å². The molecule has 0 aliphatic carbocycles. The Morgan fingerprint density at radius 1 is 0.493 bits per heavy atom. The SMILES string of the molecule is CCCCCCCC/C=C\CCCCCCCCCCCCCC(=O)OC[C@H](COP(=O)(O)OCCNC(=O)CI)OC(=O)CCCCCCCCCCCCC/C=C\CCCCCCCC. The predicted molar refractivity (Wildman–Crippen MR) is 289 cm³/mol. The summed E-state index contributed by atoms with van der Waals surface area (Å²) < 4.78 is 33.8. The maximum absolute atomic E-state index is 12.8. The third-order valence-corrected chi connectivity index (χ3v) is 13.9. The summed E-state index contributed by atoms with van der Waals surface area (Å²) in [7, 11) is -4.51. The van der Waals surface area contributed by atoms with Crippen LogP contribution in [0.1, 0.15) is 271 Å². The first-order chi connectivity index (χ1) is 32.7. The zero-order chi connectivity index (χ0) is 49.0. The standard InChI is InChI=1S/C55H103INO9P/c1-3-5-7-9-11-13-15-17-19-21-23-25-27-29-31-33-35-37-39-41-43-45-54(59)63-50-52(51-65-67(61,62)64-48-47-57-53(58)49-56)66-55(60)46-44-42-40-38-36-34-32-30-28-26-24-22-20-18-16-14-12-10-8-6-4-2/h17-20,52H,3-16,21-51H2,1-2H3,(H,57,58)(H,61,62)/b19-17-,20-18-/t52-/m1/s1. The molecule has 0 aliphatic rings. The second-order valence-electron chi connectivity index (χ2n) is 18.8. The molecule has 0 rings (SSSR count). The van der Waals surface area contributed by atoms with Gasteiger partial charge in [-0.25, -0.2) is 4.57 Å². The van der Waals surface area contributed by atoms with Crippen LogP contribution in [0.25, 0.3) is 0 Å². The van der Waals surface area contributed by atoms with E-state index in [0.29, 0.717) is 6.42 Å². The van der Waals surface area contributed by atoms with E-state index in [-0.39, 0.29) is 42.9 Å². The molecule has 0 bridgehead atoms. The zero-order valence-electron chi connectivity index (χ0n) is 43.2. The number of unbranched alkanes of at least 4 members (excludes halogenated alkanes) is 34. The summed E-state index contributed by atoms with van der Waals surface area (Å²) in [5.41, 5.74) is 0. The Labute approximate surface area is 425 Å². The molecule has 0 saturated carbocycles. The van der Waals surface area contributed by atoms with Crippen LogP contribution in [-0.2, 0) is 37.5 Å². The highest BCUT2D eigenvalue weighted by atomic mass is 127. The van der Waals surface area contributed by atoms with Crippen molar-refractivity contribution in [2.45, 2.75) is 277 Å². The maximum Gasteiger partial charge on any atom is 0.472 e. The van der Waals surface area contributed by atoms with Crippen LogP contribution in [0.4, 0.5) is 0 Å². The number of esters is 2. The number of alkyl halides is 1. The molecule has 0 aromatic carbocycles. The Hall–Kier alpha value is -1.27. The molecule has 0 heterocycles. The van der Waals surface area contributed by atoms with Crippen LogP contribution in [-0.4, -0.2) is 59.6 Å². The van der Waals surface area contributed by atoms with Gasteiger partial charge in [-0.3, -0.25) is 23.4 Å². The highest BCUT2D eigenvalue weighted by molar-refractivity contribution is 14.1. The van der Waals surface area contributed by atoms with E-state index >= 15 is 0 Å². The van der Waals surface area contributed by atoms with Crippen LogP contribution in [0.15, 0.2) is 24.3 Å². The monoisotopic (exact) mass is 1080 g/mol. The summed E-state index contributed by atoms with van der Waals surface area (Å²) in [6.07, 6.45) is 56.0. The van der Waals surface area contributed by atoms with Crippen LogP contribution in [0, 0.1) is 0 Å². The number of hydrogen-bond donors (Lipinski definition) is 2. The van der Waals surface area contributed by atoms with Crippen molar-refractivity contribution in [2.75, 3.05) is 30.8 Å². The van der Waals surface area contributed by atoms with Gasteiger partial charge in [0.1, 0.15) is 6.61 Å². The minimum atomic E-state index is -4.51. The lowest BCUT2D eigenvalue weighted by atomic mass is 10.0. The van der Waals surface area contributed by atoms with Gasteiger partial charge < -0.3 is 19.7 Å². The quantitative estimate of drug-likeness (QED) is 0.0152. The van der Waals surface area contributed by atoms with Gasteiger partial charge in [-0.15, -0.1) is 0 Å². The van der Waals surface area contributed by atoms with Crippen molar-refractivity contribution >= 4 is 48.3 Å². The summed E-state index contributed by atoms with van der Waals surface area (Å²) in [6.45, 7) is 3.60. The average molecular weight is 1080 g/mol. The summed E-state index contributed by atoms with van der Waals surface area (Å²) in [4.78, 5) is 47.0. The number of carbonyl (C=O) groups is 3. The smallest absolute Gasteiger partial charge is 0.462 e. The number of allylic oxidation sites excluding steroid dienone is 4. The van der Waals surface area contributed by atoms with Gasteiger partial charge >= 0.3 is 19.8 Å². The molecule has 12 heteroatoms. The van der Waals surface area contributed by atoms with Crippen LogP contribution >= 0.6 is 30.4 Å². The topological polar surface area (TPSA) is 137 Å². The second-order valence-corrected chi connectivity index (χ2v) is 21.0. The zero-order valence-corrected chi connectivity index (χ0v) is 46.3. The average Bonchev–Trinajstić information content (AvgIpc) is 3.32. The Morgan fingerprint density at radius 3 is 1.21 bits per heavy atom. The molecule has 0 aromatic heterocycles. The Kier molecular flexibility index (Phi) is 51.6. The minimum absolute atomic E-state index is 0.0430. The first-order valence-electron chi connectivity index (χ1n) is 27.8. The summed E-state index contributed by atoms with van der Waals surface area (Å²) in [5.74, 6) is -1.08. The van der Waals surface area contributed by atoms with Crippen molar-refractivity contribution in [1.82, 2.24) is 5.32 Å². The summed E-state index contributed by atoms with van der Waals surface area (Å²) in [6, 6.07) is 0. The van der Waals surface area contributed by atoms with Gasteiger partial charge in [0.05, 0.1) is 17.6 Å². The number of carbonyl (C=O) groups excluding carboxylic acids is 3. The number of amides is 1. The van der Waals surface area contributed by atoms with Gasteiger partial charge in [0.15, 0.2) is 6.10 Å². The molecule has 0 aromatic rings. The van der Waals surface area contributed by atoms with Crippen molar-refractivity contribution in [3.05, 3.63) is 24.3 Å². The lowest BCUT2D eigenvalue weighted by Gasteiger charge is -2.20. The molecule has 0 spiro atoms. The molecule has 0 radical (unpaired) electrons. The van der Waals surface area contributed by atoms with E-state index < -0.39 is 32.5 Å². The van der Waals surface area contributed by atoms with Crippen molar-refractivity contribution in [3.63, 3.8) is 0 Å². The van der Waals surface area contributed by atoms with Crippen LogP contribution in [0.5, 0.6) is 0 Å². The highest BCUT2D eigenvalue weighted by Crippen LogP contribution is 2.43. The van der Waals surface area contributed by atoms with E-state index in [2.05, 4.69) is 43.5 Å². The number of rotatable bonds is 53. The molecule has 10 nitrogen and oxygen atoms in total. The first-order valence-corrected chi connectivity index (χ1v) is 30.9. The van der Waals surface area contributed by atoms with E-state index in [1.54, 1.807) is 0 Å². The largest absolute Gasteiger partial charge is 0.472 e. The Balaban J connectivity index is 4.21. The normalized spacial score (nSPS) is 13.1. The number of hydrogen-bond acceptors (Lipinski definition) is 8. The molecule has 2 atom stereocenters. The molecular weight excluding hydrogens is 976 g/mol. The van der Waals surface area contributed by atoms with E-state index in [1.165, 1.54) is 199 Å². The van der Waals surface area contributed by atoms with Crippen LogP contribution in [0.3, 0.4) is 0 Å². The Bertz CT molecular complexity index is 1220. The number of ether oxygens (including phenoxy) is 2. The van der Waals surface area contributed by atoms with E-state index in [9.17, 15) is 23.8 Å². The summed E-state index contributed by atoms with van der Waals surface area (Å²) in [5, 5.41) is 2.55. The van der Waals surface area contributed by atoms with Crippen molar-refractivity contribution < 1.29 is 42.4 Å². The van der Waals surface area contributed by atoms with Gasteiger partial charge in [0.25, 0.3) is 0 Å². The van der Waals surface area contributed by atoms with Gasteiger partial charge in [0.2, 0.25) is 5.91 Å². The third kappa shape index (κ3) is 52.4. The van der Waals surface area contributed by atoms with E-state index in [4.69, 9.17) is 18.5 Å². The molecule has 0 fully saturated rings. The minimum Gasteiger partial charge on any atom is -0.462 e. The Morgan fingerprint density at radius 2 is 0.836 bits per heavy atom. The van der Waals surface area contributed by atoms with Gasteiger partial charge in [-0.05, 0) is 64.2 Å². The molecule has 394 valence electrons. The van der Waals surface area contributed by atoms with Gasteiger partial charge in [-0.1, -0.05) is 241 Å². The number of halogens is 1. The van der Waals surface area contributed by atoms with Crippen LogP contribution in [0.2, 0.25) is 0 Å². The summed E-state index contributed by atoms with van der Waals surface area (Å²) >= 11 is 1.92. The first kappa shape index (κ1) is 65.7. The third-order valence-electron chi connectivity index (χ3n) is 12.2. The lowest BCUT2D eigenvalue weighted by molar-refractivity contribution is -0.161. The van der Waals surface area contributed by atoms with Crippen molar-refractivity contribution in [3.8, 4) is 0 Å². The molecule has 1 unspecified atom stereocenters. The highest BCUT2D eigenvalue weighted by Gasteiger charge is 2.26. The fraction of sp³-hybridized carbons (Fsp3) is 0.873. The predicted octanol–water partition coefficient (Wildman–Crippen LogP) is 16.9. The molecule has 0 saturated heterocycles. The number of phosphoric acid groups is 1. The number of phosphoric ester groups is 1. The molecule has 2 N–H and O–H groups in total. The lowest BCUT2D eigenvalue weighted by Crippen LogP contribution is -2.30. The maximum atomic E-state index is 12.8. The van der Waals surface area contributed by atoms with E-state index in [0.717, 1.165) is 38.5 Å². The second kappa shape index (κ2) is 52.6.